The van der Waals surface area contributed by atoms with Gasteiger partial charge >= 0.3 is 0 Å². The summed E-state index contributed by atoms with van der Waals surface area (Å²) in [5, 5.41) is 6.78. The highest BCUT2D eigenvalue weighted by molar-refractivity contribution is 5.85. The molecule has 0 bridgehead atoms. The quantitative estimate of drug-likeness (QED) is 0.668. The Labute approximate surface area is 86.7 Å². The summed E-state index contributed by atoms with van der Waals surface area (Å²) in [4.78, 5) is 2.54. The molecule has 3 nitrogen and oxygen atoms in total. The molecule has 0 aromatic carbocycles. The van der Waals surface area contributed by atoms with Crippen LogP contribution in [0.2, 0.25) is 0 Å². The van der Waals surface area contributed by atoms with E-state index in [-0.39, 0.29) is 12.4 Å². The molecule has 1 unspecified atom stereocenters. The molecule has 4 heteroatoms. The molecule has 1 atom stereocenters. The molecule has 0 saturated carbocycles. The number of likely N-dealkylation sites (N-methyl/N-ethyl adjacent to an activating group) is 1. The van der Waals surface area contributed by atoms with Gasteiger partial charge in [0.25, 0.3) is 0 Å². The maximum absolute atomic E-state index is 3.46. The Balaban J connectivity index is 0.000000845. The molecular weight excluding hydrogens is 186 g/mol. The number of hydrogen-bond donors (Lipinski definition) is 2. The Morgan fingerprint density at radius 3 is 2.23 bits per heavy atom. The molecule has 2 heterocycles. The molecule has 0 aromatic rings. The minimum Gasteiger partial charge on any atom is -0.315 e. The van der Waals surface area contributed by atoms with Crippen LogP contribution < -0.4 is 10.6 Å². The van der Waals surface area contributed by atoms with Crippen molar-refractivity contribution in [3.63, 3.8) is 0 Å². The van der Waals surface area contributed by atoms with Gasteiger partial charge < -0.3 is 10.6 Å². The van der Waals surface area contributed by atoms with Crippen LogP contribution >= 0.6 is 12.4 Å². The van der Waals surface area contributed by atoms with Crippen LogP contribution in [0.1, 0.15) is 12.8 Å². The van der Waals surface area contributed by atoms with Crippen LogP contribution in [0.25, 0.3) is 0 Å². The minimum absolute atomic E-state index is 0. The lowest BCUT2D eigenvalue weighted by atomic mass is 10.0. The zero-order chi connectivity index (χ0) is 8.39. The van der Waals surface area contributed by atoms with Gasteiger partial charge in [0.2, 0.25) is 0 Å². The molecule has 2 saturated heterocycles. The first-order valence-electron chi connectivity index (χ1n) is 5.01. The molecule has 2 aliphatic heterocycles. The largest absolute Gasteiger partial charge is 0.315 e. The molecule has 0 aromatic heterocycles. The summed E-state index contributed by atoms with van der Waals surface area (Å²) in [6.07, 6.45) is 2.72. The third kappa shape index (κ3) is 2.56. The summed E-state index contributed by atoms with van der Waals surface area (Å²) in [6.45, 7) is 4.78. The average Bonchev–Trinajstić information content (AvgIpc) is 2.03. The van der Waals surface area contributed by atoms with Crippen LogP contribution in [0.15, 0.2) is 0 Å². The molecule has 13 heavy (non-hydrogen) atoms. The predicted molar refractivity (Wildman–Crippen MR) is 57.6 cm³/mol. The van der Waals surface area contributed by atoms with E-state index < -0.39 is 0 Å². The summed E-state index contributed by atoms with van der Waals surface area (Å²) in [7, 11) is 2.27. The molecule has 2 rings (SSSR count). The number of piperidine rings is 1. The lowest BCUT2D eigenvalue weighted by Crippen LogP contribution is -2.60. The van der Waals surface area contributed by atoms with Crippen molar-refractivity contribution >= 4 is 12.4 Å². The maximum Gasteiger partial charge on any atom is 0.0345 e. The Morgan fingerprint density at radius 1 is 1.08 bits per heavy atom. The van der Waals surface area contributed by atoms with Crippen molar-refractivity contribution in [1.29, 1.82) is 0 Å². The van der Waals surface area contributed by atoms with Gasteiger partial charge in [0, 0.05) is 31.7 Å². The SMILES string of the molecule is CN(C1CCCNC1)C1CNC1.Cl. The average molecular weight is 206 g/mol. The Kier molecular flexibility index (Phi) is 4.46. The number of nitrogens with zero attached hydrogens (tertiary/aromatic N) is 1. The number of rotatable bonds is 2. The second-order valence-electron chi connectivity index (χ2n) is 3.98. The minimum atomic E-state index is 0. The highest BCUT2D eigenvalue weighted by atomic mass is 35.5. The monoisotopic (exact) mass is 205 g/mol. The fourth-order valence-corrected chi connectivity index (χ4v) is 2.04. The lowest BCUT2D eigenvalue weighted by molar-refractivity contribution is 0.110. The van der Waals surface area contributed by atoms with E-state index in [1.54, 1.807) is 0 Å². The van der Waals surface area contributed by atoms with E-state index in [1.807, 2.05) is 0 Å². The van der Waals surface area contributed by atoms with Crippen LogP contribution in [0.3, 0.4) is 0 Å². The van der Waals surface area contributed by atoms with Gasteiger partial charge in [-0.1, -0.05) is 0 Å². The smallest absolute Gasteiger partial charge is 0.0345 e. The van der Waals surface area contributed by atoms with E-state index >= 15 is 0 Å². The fourth-order valence-electron chi connectivity index (χ4n) is 2.04. The Hall–Kier alpha value is 0.170. The van der Waals surface area contributed by atoms with Gasteiger partial charge in [0.05, 0.1) is 0 Å². The van der Waals surface area contributed by atoms with Gasteiger partial charge in [-0.25, -0.2) is 0 Å². The highest BCUT2D eigenvalue weighted by Crippen LogP contribution is 2.13. The van der Waals surface area contributed by atoms with Gasteiger partial charge in [-0.05, 0) is 26.4 Å². The molecule has 2 aliphatic rings. The van der Waals surface area contributed by atoms with Gasteiger partial charge in [-0.3, -0.25) is 4.90 Å². The molecule has 78 valence electrons. The van der Waals surface area contributed by atoms with E-state index in [2.05, 4.69) is 22.6 Å². The van der Waals surface area contributed by atoms with Gasteiger partial charge in [0.15, 0.2) is 0 Å². The lowest BCUT2D eigenvalue weighted by Gasteiger charge is -2.42. The van der Waals surface area contributed by atoms with Crippen LogP contribution in [0.5, 0.6) is 0 Å². The standard InChI is InChI=1S/C9H19N3.ClH/c1-12(9-6-11-7-9)8-3-2-4-10-5-8;/h8-11H,2-7H2,1H3;1H. The number of nitrogens with one attached hydrogen (secondary N) is 2. The molecular formula is C9H20ClN3. The molecule has 0 spiro atoms. The predicted octanol–water partition coefficient (Wildman–Crippen LogP) is 0.0638. The van der Waals surface area contributed by atoms with E-state index in [0.29, 0.717) is 0 Å². The van der Waals surface area contributed by atoms with Gasteiger partial charge in [-0.15, -0.1) is 12.4 Å². The second-order valence-corrected chi connectivity index (χ2v) is 3.98. The van der Waals surface area contributed by atoms with Crippen molar-refractivity contribution in [1.82, 2.24) is 15.5 Å². The van der Waals surface area contributed by atoms with E-state index in [1.165, 1.54) is 39.0 Å². The molecule has 2 N–H and O–H groups in total. The van der Waals surface area contributed by atoms with Crippen molar-refractivity contribution in [3.05, 3.63) is 0 Å². The van der Waals surface area contributed by atoms with Crippen molar-refractivity contribution in [2.24, 2.45) is 0 Å². The maximum atomic E-state index is 3.46. The Morgan fingerprint density at radius 2 is 1.77 bits per heavy atom. The normalized spacial score (nSPS) is 29.5. The third-order valence-corrected chi connectivity index (χ3v) is 3.18. The van der Waals surface area contributed by atoms with E-state index in [9.17, 15) is 0 Å². The zero-order valence-electron chi connectivity index (χ0n) is 8.25. The highest BCUT2D eigenvalue weighted by Gasteiger charge is 2.27. The molecule has 0 amide bonds. The Bertz CT molecular complexity index is 144. The van der Waals surface area contributed by atoms with Crippen LogP contribution in [0, 0.1) is 0 Å². The molecule has 2 fully saturated rings. The van der Waals surface area contributed by atoms with Crippen LogP contribution in [-0.4, -0.2) is 50.2 Å². The van der Waals surface area contributed by atoms with Crippen molar-refractivity contribution in [3.8, 4) is 0 Å². The van der Waals surface area contributed by atoms with E-state index in [0.717, 1.165) is 12.1 Å². The third-order valence-electron chi connectivity index (χ3n) is 3.18. The van der Waals surface area contributed by atoms with Crippen molar-refractivity contribution in [2.45, 2.75) is 24.9 Å². The molecule has 0 radical (unpaired) electrons. The number of halogens is 1. The summed E-state index contributed by atoms with van der Waals surface area (Å²) < 4.78 is 0. The summed E-state index contributed by atoms with van der Waals surface area (Å²) in [5.74, 6) is 0. The zero-order valence-corrected chi connectivity index (χ0v) is 9.07. The second kappa shape index (κ2) is 5.15. The van der Waals surface area contributed by atoms with Crippen molar-refractivity contribution in [2.75, 3.05) is 33.2 Å². The topological polar surface area (TPSA) is 27.3 Å². The first kappa shape index (κ1) is 11.2. The fraction of sp³-hybridized carbons (Fsp3) is 1.00. The first-order valence-corrected chi connectivity index (χ1v) is 5.01. The van der Waals surface area contributed by atoms with E-state index in [4.69, 9.17) is 0 Å². The van der Waals surface area contributed by atoms with Crippen molar-refractivity contribution < 1.29 is 0 Å². The van der Waals surface area contributed by atoms with Gasteiger partial charge in [0.1, 0.15) is 0 Å². The van der Waals surface area contributed by atoms with Crippen LogP contribution in [0.4, 0.5) is 0 Å². The summed E-state index contributed by atoms with van der Waals surface area (Å²) in [5.41, 5.74) is 0. The number of hydrogen-bond acceptors (Lipinski definition) is 3. The summed E-state index contributed by atoms with van der Waals surface area (Å²) >= 11 is 0. The first-order chi connectivity index (χ1) is 5.88. The summed E-state index contributed by atoms with van der Waals surface area (Å²) in [6, 6.07) is 1.58. The van der Waals surface area contributed by atoms with Crippen LogP contribution in [-0.2, 0) is 0 Å². The molecule has 0 aliphatic carbocycles. The van der Waals surface area contributed by atoms with Gasteiger partial charge in [-0.2, -0.15) is 0 Å².